The molecule has 2 heteroatoms. The Hall–Kier alpha value is -0.760. The van der Waals surface area contributed by atoms with E-state index in [1.165, 1.54) is 17.9 Å². The van der Waals surface area contributed by atoms with Crippen LogP contribution in [0, 0.1) is 0 Å². The topological polar surface area (TPSA) is 16.4 Å². The molecule has 0 spiro atoms. The first kappa shape index (κ1) is 9.78. The van der Waals surface area contributed by atoms with Crippen molar-refractivity contribution in [1.29, 1.82) is 0 Å². The molecule has 1 aromatic heterocycles. The van der Waals surface area contributed by atoms with Gasteiger partial charge in [-0.1, -0.05) is 20.8 Å². The Morgan fingerprint density at radius 3 is 2.93 bits per heavy atom. The maximum Gasteiger partial charge on any atom is 0.121 e. The Bertz CT molecular complexity index is 314. The molecule has 0 atom stereocenters. The molecule has 0 amide bonds. The minimum atomic E-state index is 0.510. The predicted octanol–water partition coefficient (Wildman–Crippen LogP) is 2.78. The number of hydrogen-bond donors (Lipinski definition) is 0. The molecule has 2 heterocycles. The van der Waals surface area contributed by atoms with Crippen LogP contribution < -0.4 is 0 Å². The minimum Gasteiger partial charge on any atom is -0.464 e. The van der Waals surface area contributed by atoms with Gasteiger partial charge in [0.1, 0.15) is 11.5 Å². The monoisotopic (exact) mass is 193 g/mol. The van der Waals surface area contributed by atoms with Gasteiger partial charge < -0.3 is 4.42 Å². The van der Waals surface area contributed by atoms with Gasteiger partial charge in [0.15, 0.2) is 0 Å². The number of hydrogen-bond acceptors (Lipinski definition) is 2. The van der Waals surface area contributed by atoms with E-state index in [0.29, 0.717) is 5.92 Å². The van der Waals surface area contributed by atoms with Crippen LogP contribution in [0.25, 0.3) is 0 Å². The van der Waals surface area contributed by atoms with Gasteiger partial charge >= 0.3 is 0 Å². The fourth-order valence-electron chi connectivity index (χ4n) is 1.95. The van der Waals surface area contributed by atoms with E-state index >= 15 is 0 Å². The van der Waals surface area contributed by atoms with Crippen molar-refractivity contribution in [1.82, 2.24) is 4.90 Å². The van der Waals surface area contributed by atoms with Gasteiger partial charge in [0, 0.05) is 12.5 Å². The lowest BCUT2D eigenvalue weighted by atomic mass is 10.1. The predicted molar refractivity (Wildman–Crippen MR) is 57.5 cm³/mol. The fraction of sp³-hybridized carbons (Fsp3) is 0.667. The highest BCUT2D eigenvalue weighted by Gasteiger charge is 2.20. The van der Waals surface area contributed by atoms with Crippen molar-refractivity contribution in [2.75, 3.05) is 13.1 Å². The summed E-state index contributed by atoms with van der Waals surface area (Å²) in [6.45, 7) is 9.87. The van der Waals surface area contributed by atoms with Gasteiger partial charge in [0.2, 0.25) is 0 Å². The molecule has 0 bridgehead atoms. The molecule has 1 aliphatic rings. The Kier molecular flexibility index (Phi) is 2.64. The molecule has 0 aromatic carbocycles. The SMILES string of the molecule is CCN1CCc2cc(C(C)C)oc2C1. The molecule has 0 N–H and O–H groups in total. The summed E-state index contributed by atoms with van der Waals surface area (Å²) >= 11 is 0. The third-order valence-electron chi connectivity index (χ3n) is 3.00. The first-order chi connectivity index (χ1) is 6.70. The van der Waals surface area contributed by atoms with Crippen molar-refractivity contribution in [3.63, 3.8) is 0 Å². The van der Waals surface area contributed by atoms with Crippen molar-refractivity contribution < 1.29 is 4.42 Å². The van der Waals surface area contributed by atoms with Crippen LogP contribution in [0.15, 0.2) is 10.5 Å². The smallest absolute Gasteiger partial charge is 0.121 e. The van der Waals surface area contributed by atoms with Gasteiger partial charge in [0.25, 0.3) is 0 Å². The molecule has 0 unspecified atom stereocenters. The van der Waals surface area contributed by atoms with Gasteiger partial charge in [-0.25, -0.2) is 0 Å². The van der Waals surface area contributed by atoms with Crippen LogP contribution in [0.5, 0.6) is 0 Å². The van der Waals surface area contributed by atoms with Crippen LogP contribution in [-0.4, -0.2) is 18.0 Å². The zero-order chi connectivity index (χ0) is 10.1. The van der Waals surface area contributed by atoms with Crippen molar-refractivity contribution in [2.45, 2.75) is 39.7 Å². The normalized spacial score (nSPS) is 17.4. The molecule has 0 aliphatic carbocycles. The van der Waals surface area contributed by atoms with Crippen LogP contribution in [0.1, 0.15) is 43.8 Å². The van der Waals surface area contributed by atoms with E-state index in [1.54, 1.807) is 0 Å². The van der Waals surface area contributed by atoms with Crippen LogP contribution in [0.3, 0.4) is 0 Å². The van der Waals surface area contributed by atoms with Gasteiger partial charge in [-0.15, -0.1) is 0 Å². The average Bonchev–Trinajstić information content (AvgIpc) is 2.59. The standard InChI is InChI=1S/C12H19NO/c1-4-13-6-5-10-7-11(9(2)3)14-12(10)8-13/h7,9H,4-6,8H2,1-3H3. The lowest BCUT2D eigenvalue weighted by Gasteiger charge is -2.23. The summed E-state index contributed by atoms with van der Waals surface area (Å²) in [4.78, 5) is 2.43. The molecule has 2 nitrogen and oxygen atoms in total. The minimum absolute atomic E-state index is 0.510. The molecule has 0 radical (unpaired) electrons. The van der Waals surface area contributed by atoms with E-state index in [0.717, 1.165) is 25.3 Å². The van der Waals surface area contributed by atoms with E-state index in [2.05, 4.69) is 31.7 Å². The largest absolute Gasteiger partial charge is 0.464 e. The maximum atomic E-state index is 5.86. The van der Waals surface area contributed by atoms with E-state index < -0.39 is 0 Å². The Labute approximate surface area is 85.9 Å². The van der Waals surface area contributed by atoms with Crippen LogP contribution in [0.4, 0.5) is 0 Å². The van der Waals surface area contributed by atoms with Crippen molar-refractivity contribution >= 4 is 0 Å². The zero-order valence-corrected chi connectivity index (χ0v) is 9.34. The molecule has 0 saturated heterocycles. The third-order valence-corrected chi connectivity index (χ3v) is 3.00. The molecule has 14 heavy (non-hydrogen) atoms. The Morgan fingerprint density at radius 2 is 2.29 bits per heavy atom. The Morgan fingerprint density at radius 1 is 1.50 bits per heavy atom. The summed E-state index contributed by atoms with van der Waals surface area (Å²) in [7, 11) is 0. The summed E-state index contributed by atoms with van der Waals surface area (Å²) in [5.41, 5.74) is 1.43. The van der Waals surface area contributed by atoms with Gasteiger partial charge in [0.05, 0.1) is 6.54 Å². The highest BCUT2D eigenvalue weighted by Crippen LogP contribution is 2.26. The second kappa shape index (κ2) is 3.77. The third kappa shape index (κ3) is 1.71. The zero-order valence-electron chi connectivity index (χ0n) is 9.34. The molecule has 0 saturated carbocycles. The summed E-state index contributed by atoms with van der Waals surface area (Å²) in [6, 6.07) is 2.24. The van der Waals surface area contributed by atoms with Gasteiger partial charge in [-0.2, -0.15) is 0 Å². The highest BCUT2D eigenvalue weighted by atomic mass is 16.3. The number of rotatable bonds is 2. The van der Waals surface area contributed by atoms with Crippen LogP contribution >= 0.6 is 0 Å². The lowest BCUT2D eigenvalue weighted by molar-refractivity contribution is 0.237. The van der Waals surface area contributed by atoms with E-state index in [-0.39, 0.29) is 0 Å². The van der Waals surface area contributed by atoms with Crippen molar-refractivity contribution in [3.8, 4) is 0 Å². The molecule has 0 fully saturated rings. The molecule has 2 rings (SSSR count). The Balaban J connectivity index is 2.21. The fourth-order valence-corrected chi connectivity index (χ4v) is 1.95. The summed E-state index contributed by atoms with van der Waals surface area (Å²) in [5, 5.41) is 0. The highest BCUT2D eigenvalue weighted by molar-refractivity contribution is 5.25. The first-order valence-electron chi connectivity index (χ1n) is 5.54. The maximum absolute atomic E-state index is 5.86. The summed E-state index contributed by atoms with van der Waals surface area (Å²) in [5.74, 6) is 2.85. The van der Waals surface area contributed by atoms with E-state index in [9.17, 15) is 0 Å². The van der Waals surface area contributed by atoms with Gasteiger partial charge in [-0.05, 0) is 24.6 Å². The van der Waals surface area contributed by atoms with E-state index in [1.807, 2.05) is 0 Å². The van der Waals surface area contributed by atoms with Crippen LogP contribution in [-0.2, 0) is 13.0 Å². The summed E-state index contributed by atoms with van der Waals surface area (Å²) < 4.78 is 5.86. The second-order valence-electron chi connectivity index (χ2n) is 4.37. The molecule has 1 aliphatic heterocycles. The molecular weight excluding hydrogens is 174 g/mol. The van der Waals surface area contributed by atoms with Crippen molar-refractivity contribution in [3.05, 3.63) is 23.2 Å². The number of fused-ring (bicyclic) bond motifs is 1. The number of likely N-dealkylation sites (N-methyl/N-ethyl adjacent to an activating group) is 1. The molecule has 78 valence electrons. The molecule has 1 aromatic rings. The lowest BCUT2D eigenvalue weighted by Crippen LogP contribution is -2.29. The summed E-state index contributed by atoms with van der Waals surface area (Å²) in [6.07, 6.45) is 1.15. The van der Waals surface area contributed by atoms with E-state index in [4.69, 9.17) is 4.42 Å². The van der Waals surface area contributed by atoms with Crippen LogP contribution in [0.2, 0.25) is 0 Å². The average molecular weight is 193 g/mol. The van der Waals surface area contributed by atoms with Gasteiger partial charge in [-0.3, -0.25) is 4.90 Å². The number of nitrogens with zero attached hydrogens (tertiary/aromatic N) is 1. The quantitative estimate of drug-likeness (QED) is 0.718. The second-order valence-corrected chi connectivity index (χ2v) is 4.37. The molecular formula is C12H19NO. The van der Waals surface area contributed by atoms with Crippen molar-refractivity contribution in [2.24, 2.45) is 0 Å². The first-order valence-corrected chi connectivity index (χ1v) is 5.54. The number of furan rings is 1.